The summed E-state index contributed by atoms with van der Waals surface area (Å²) in [5.74, 6) is 0.873. The molecular formula is C10H20O2. The van der Waals surface area contributed by atoms with Crippen molar-refractivity contribution < 1.29 is 9.90 Å². The van der Waals surface area contributed by atoms with Gasteiger partial charge in [0.05, 0.1) is 0 Å². The first-order valence-corrected chi connectivity index (χ1v) is 4.62. The lowest BCUT2D eigenvalue weighted by Crippen LogP contribution is -2.20. The van der Waals surface area contributed by atoms with Gasteiger partial charge in [0, 0.05) is 18.9 Å². The van der Waals surface area contributed by atoms with Crippen molar-refractivity contribution >= 4 is 5.78 Å². The monoisotopic (exact) mass is 172 g/mol. The molecule has 12 heavy (non-hydrogen) atoms. The van der Waals surface area contributed by atoms with Crippen molar-refractivity contribution in [3.63, 3.8) is 0 Å². The van der Waals surface area contributed by atoms with Gasteiger partial charge in [-0.15, -0.1) is 0 Å². The Morgan fingerprint density at radius 2 is 1.75 bits per heavy atom. The van der Waals surface area contributed by atoms with Crippen LogP contribution < -0.4 is 0 Å². The Balaban J connectivity index is 3.94. The van der Waals surface area contributed by atoms with Crippen molar-refractivity contribution in [1.82, 2.24) is 0 Å². The van der Waals surface area contributed by atoms with Crippen LogP contribution in [0.2, 0.25) is 0 Å². The van der Waals surface area contributed by atoms with E-state index in [1.54, 1.807) is 0 Å². The molecule has 0 aromatic carbocycles. The SMILES string of the molecule is CC(C)C(=O)CC(CO)C(C)C. The fourth-order valence-electron chi connectivity index (χ4n) is 1.01. The smallest absolute Gasteiger partial charge is 0.135 e. The van der Waals surface area contributed by atoms with Crippen molar-refractivity contribution in [3.8, 4) is 0 Å². The van der Waals surface area contributed by atoms with Crippen LogP contribution in [0.3, 0.4) is 0 Å². The number of Topliss-reactive ketones (excluding diaryl/α,β-unsaturated/α-hetero) is 1. The number of aliphatic hydroxyl groups is 1. The molecule has 0 saturated carbocycles. The summed E-state index contributed by atoms with van der Waals surface area (Å²) in [6.45, 7) is 7.99. The third kappa shape index (κ3) is 3.86. The van der Waals surface area contributed by atoms with Crippen LogP contribution in [0, 0.1) is 17.8 Å². The van der Waals surface area contributed by atoms with Gasteiger partial charge in [-0.25, -0.2) is 0 Å². The first-order valence-electron chi connectivity index (χ1n) is 4.62. The van der Waals surface area contributed by atoms with Gasteiger partial charge in [0.15, 0.2) is 0 Å². The largest absolute Gasteiger partial charge is 0.396 e. The minimum absolute atomic E-state index is 0.0952. The highest BCUT2D eigenvalue weighted by molar-refractivity contribution is 5.80. The molecule has 0 fully saturated rings. The lowest BCUT2D eigenvalue weighted by atomic mass is 9.89. The van der Waals surface area contributed by atoms with Gasteiger partial charge in [0.1, 0.15) is 5.78 Å². The molecule has 0 aromatic heterocycles. The maximum atomic E-state index is 11.3. The van der Waals surface area contributed by atoms with Gasteiger partial charge in [-0.05, 0) is 11.8 Å². The Morgan fingerprint density at radius 1 is 1.25 bits per heavy atom. The van der Waals surface area contributed by atoms with E-state index >= 15 is 0 Å². The molecule has 0 aliphatic rings. The number of carbonyl (C=O) groups excluding carboxylic acids is 1. The van der Waals surface area contributed by atoms with Crippen molar-refractivity contribution in [2.75, 3.05) is 6.61 Å². The summed E-state index contributed by atoms with van der Waals surface area (Å²) < 4.78 is 0. The zero-order chi connectivity index (χ0) is 9.72. The van der Waals surface area contributed by atoms with Gasteiger partial charge in [-0.1, -0.05) is 27.7 Å². The number of carbonyl (C=O) groups is 1. The van der Waals surface area contributed by atoms with Crippen LogP contribution in [0.1, 0.15) is 34.1 Å². The van der Waals surface area contributed by atoms with Crippen LogP contribution in [-0.4, -0.2) is 17.5 Å². The molecule has 0 heterocycles. The molecule has 1 N–H and O–H groups in total. The minimum atomic E-state index is 0.0952. The van der Waals surface area contributed by atoms with Crippen molar-refractivity contribution in [3.05, 3.63) is 0 Å². The van der Waals surface area contributed by atoms with E-state index < -0.39 is 0 Å². The Hall–Kier alpha value is -0.370. The average molecular weight is 172 g/mol. The molecule has 0 rings (SSSR count). The number of ketones is 1. The second-order valence-electron chi connectivity index (χ2n) is 4.01. The molecule has 0 aliphatic carbocycles. The molecule has 72 valence electrons. The maximum Gasteiger partial charge on any atom is 0.135 e. The van der Waals surface area contributed by atoms with Crippen LogP contribution in [-0.2, 0) is 4.79 Å². The van der Waals surface area contributed by atoms with Crippen LogP contribution >= 0.6 is 0 Å². The fourth-order valence-corrected chi connectivity index (χ4v) is 1.01. The maximum absolute atomic E-state index is 11.3. The van der Waals surface area contributed by atoms with Gasteiger partial charge in [0.25, 0.3) is 0 Å². The normalized spacial score (nSPS) is 13.9. The van der Waals surface area contributed by atoms with E-state index in [1.807, 2.05) is 27.7 Å². The third-order valence-corrected chi connectivity index (χ3v) is 2.28. The molecule has 2 nitrogen and oxygen atoms in total. The molecule has 1 atom stereocenters. The molecule has 0 aromatic rings. The zero-order valence-corrected chi connectivity index (χ0v) is 8.50. The topological polar surface area (TPSA) is 37.3 Å². The van der Waals surface area contributed by atoms with Crippen LogP contribution in [0.4, 0.5) is 0 Å². The molecule has 2 heteroatoms. The highest BCUT2D eigenvalue weighted by atomic mass is 16.3. The minimum Gasteiger partial charge on any atom is -0.396 e. The second kappa shape index (κ2) is 5.31. The van der Waals surface area contributed by atoms with Crippen LogP contribution in [0.5, 0.6) is 0 Å². The quantitative estimate of drug-likeness (QED) is 0.687. The standard InChI is InChI=1S/C10H20O2/c1-7(2)9(6-11)5-10(12)8(3)4/h7-9,11H,5-6H2,1-4H3. The third-order valence-electron chi connectivity index (χ3n) is 2.28. The first-order chi connectivity index (χ1) is 5.49. The fraction of sp³-hybridized carbons (Fsp3) is 0.900. The number of hydrogen-bond donors (Lipinski definition) is 1. The predicted octanol–water partition coefficient (Wildman–Crippen LogP) is 1.87. The zero-order valence-electron chi connectivity index (χ0n) is 8.50. The van der Waals surface area contributed by atoms with Crippen molar-refractivity contribution in [2.24, 2.45) is 17.8 Å². The van der Waals surface area contributed by atoms with Gasteiger partial charge in [0.2, 0.25) is 0 Å². The van der Waals surface area contributed by atoms with Gasteiger partial charge in [-0.3, -0.25) is 4.79 Å². The van der Waals surface area contributed by atoms with Crippen molar-refractivity contribution in [2.45, 2.75) is 34.1 Å². The molecule has 0 aliphatic heterocycles. The van der Waals surface area contributed by atoms with Crippen LogP contribution in [0.15, 0.2) is 0 Å². The molecule has 0 radical (unpaired) electrons. The Labute approximate surface area is 75.0 Å². The highest BCUT2D eigenvalue weighted by Gasteiger charge is 2.18. The number of hydrogen-bond acceptors (Lipinski definition) is 2. The summed E-state index contributed by atoms with van der Waals surface area (Å²) in [6, 6.07) is 0. The molecule has 0 saturated heterocycles. The summed E-state index contributed by atoms with van der Waals surface area (Å²) in [7, 11) is 0. The number of rotatable bonds is 5. The molecular weight excluding hydrogens is 152 g/mol. The van der Waals surface area contributed by atoms with E-state index in [9.17, 15) is 4.79 Å². The lowest BCUT2D eigenvalue weighted by molar-refractivity contribution is -0.123. The Kier molecular flexibility index (Phi) is 5.14. The van der Waals surface area contributed by atoms with Gasteiger partial charge >= 0.3 is 0 Å². The molecule has 1 unspecified atom stereocenters. The molecule has 0 bridgehead atoms. The van der Waals surface area contributed by atoms with E-state index in [0.717, 1.165) is 0 Å². The summed E-state index contributed by atoms with van der Waals surface area (Å²) in [4.78, 5) is 11.3. The van der Waals surface area contributed by atoms with Gasteiger partial charge < -0.3 is 5.11 Å². The van der Waals surface area contributed by atoms with E-state index in [0.29, 0.717) is 12.3 Å². The molecule has 0 amide bonds. The summed E-state index contributed by atoms with van der Waals surface area (Å²) in [5.41, 5.74) is 0. The van der Waals surface area contributed by atoms with Crippen molar-refractivity contribution in [1.29, 1.82) is 0 Å². The average Bonchev–Trinajstić information content (AvgIpc) is 1.98. The van der Waals surface area contributed by atoms with E-state index in [2.05, 4.69) is 0 Å². The van der Waals surface area contributed by atoms with Gasteiger partial charge in [-0.2, -0.15) is 0 Å². The lowest BCUT2D eigenvalue weighted by Gasteiger charge is -2.17. The first kappa shape index (κ1) is 11.6. The molecule has 0 spiro atoms. The van der Waals surface area contributed by atoms with Crippen LogP contribution in [0.25, 0.3) is 0 Å². The predicted molar refractivity (Wildman–Crippen MR) is 49.9 cm³/mol. The summed E-state index contributed by atoms with van der Waals surface area (Å²) in [5, 5.41) is 8.97. The summed E-state index contributed by atoms with van der Waals surface area (Å²) in [6.07, 6.45) is 0.520. The van der Waals surface area contributed by atoms with E-state index in [1.165, 1.54) is 0 Å². The number of aliphatic hydroxyl groups excluding tert-OH is 1. The second-order valence-corrected chi connectivity index (χ2v) is 4.01. The summed E-state index contributed by atoms with van der Waals surface area (Å²) >= 11 is 0. The van der Waals surface area contributed by atoms with E-state index in [-0.39, 0.29) is 24.2 Å². The van der Waals surface area contributed by atoms with E-state index in [4.69, 9.17) is 5.11 Å². The Bertz CT molecular complexity index is 139. The highest BCUT2D eigenvalue weighted by Crippen LogP contribution is 2.16. The Morgan fingerprint density at radius 3 is 2.00 bits per heavy atom.